The third-order valence-corrected chi connectivity index (χ3v) is 6.46. The van der Waals surface area contributed by atoms with Crippen LogP contribution in [0.5, 0.6) is 11.5 Å². The van der Waals surface area contributed by atoms with E-state index in [4.69, 9.17) is 9.47 Å². The van der Waals surface area contributed by atoms with Gasteiger partial charge in [0, 0.05) is 49.1 Å². The molecule has 0 saturated carbocycles. The minimum Gasteiger partial charge on any atom is -0.493 e. The molecule has 1 N–H and O–H groups in total. The molecule has 0 radical (unpaired) electrons. The molecule has 2 aromatic rings. The highest BCUT2D eigenvalue weighted by Crippen LogP contribution is 2.30. The maximum atomic E-state index is 12.6. The van der Waals surface area contributed by atoms with E-state index in [0.29, 0.717) is 49.4 Å². The smallest absolute Gasteiger partial charge is 0.243 e. The van der Waals surface area contributed by atoms with Crippen molar-refractivity contribution in [3.8, 4) is 11.5 Å². The zero-order valence-corrected chi connectivity index (χ0v) is 23.8. The zero-order valence-electron chi connectivity index (χ0n) is 23.8. The van der Waals surface area contributed by atoms with Gasteiger partial charge in [-0.05, 0) is 77.4 Å². The first-order valence-electron chi connectivity index (χ1n) is 13.4. The van der Waals surface area contributed by atoms with Crippen LogP contribution in [0.3, 0.4) is 0 Å². The number of hydrogen-bond donors (Lipinski definition) is 1. The fourth-order valence-electron chi connectivity index (χ4n) is 4.57. The van der Waals surface area contributed by atoms with Gasteiger partial charge in [0.1, 0.15) is 0 Å². The van der Waals surface area contributed by atoms with Gasteiger partial charge >= 0.3 is 0 Å². The number of nitrogens with one attached hydrogen (secondary N) is 1. The van der Waals surface area contributed by atoms with Crippen LogP contribution < -0.4 is 14.8 Å². The molecule has 0 fully saturated rings. The minimum absolute atomic E-state index is 0.00745. The lowest BCUT2D eigenvalue weighted by Crippen LogP contribution is -2.39. The molecular weight excluding hydrogens is 480 g/mol. The molecule has 0 atom stereocenters. The Morgan fingerprint density at radius 1 is 1.00 bits per heavy atom. The molecule has 1 heterocycles. The first-order chi connectivity index (χ1) is 18.1. The van der Waals surface area contributed by atoms with Gasteiger partial charge in [-0.1, -0.05) is 12.1 Å². The average Bonchev–Trinajstić information content (AvgIpc) is 2.86. The number of amides is 2. The molecular formula is C30H42N4O4. The van der Waals surface area contributed by atoms with E-state index in [2.05, 4.69) is 43.0 Å². The van der Waals surface area contributed by atoms with Crippen molar-refractivity contribution in [2.45, 2.75) is 85.5 Å². The van der Waals surface area contributed by atoms with Gasteiger partial charge in [0.05, 0.1) is 25.5 Å². The van der Waals surface area contributed by atoms with Crippen molar-refractivity contribution in [3.05, 3.63) is 53.6 Å². The van der Waals surface area contributed by atoms with Gasteiger partial charge < -0.3 is 14.8 Å². The van der Waals surface area contributed by atoms with Crippen molar-refractivity contribution < 1.29 is 19.1 Å². The van der Waals surface area contributed by atoms with Crippen LogP contribution in [0.4, 0.5) is 5.69 Å². The number of methoxy groups -OCH3 is 1. The molecule has 0 aliphatic carbocycles. The Morgan fingerprint density at radius 2 is 1.68 bits per heavy atom. The van der Waals surface area contributed by atoms with Crippen LogP contribution in [-0.4, -0.2) is 59.3 Å². The van der Waals surface area contributed by atoms with Crippen molar-refractivity contribution in [1.82, 2.24) is 9.91 Å². The molecule has 8 heteroatoms. The van der Waals surface area contributed by atoms with Crippen molar-refractivity contribution >= 4 is 23.2 Å². The number of carbonyl (C=O) groups is 2. The molecule has 1 aliphatic heterocycles. The van der Waals surface area contributed by atoms with E-state index < -0.39 is 0 Å². The number of benzene rings is 2. The summed E-state index contributed by atoms with van der Waals surface area (Å²) < 4.78 is 11.3. The fraction of sp³-hybridized carbons (Fsp3) is 0.500. The maximum absolute atomic E-state index is 12.6. The van der Waals surface area contributed by atoms with Gasteiger partial charge in [0.15, 0.2) is 11.5 Å². The van der Waals surface area contributed by atoms with Crippen molar-refractivity contribution in [2.24, 2.45) is 5.10 Å². The molecule has 0 unspecified atom stereocenters. The van der Waals surface area contributed by atoms with Gasteiger partial charge in [-0.3, -0.25) is 14.5 Å². The van der Waals surface area contributed by atoms with E-state index in [0.717, 1.165) is 29.1 Å². The quantitative estimate of drug-likeness (QED) is 0.400. The molecule has 0 aromatic heterocycles. The number of nitrogens with zero attached hydrogens (tertiary/aromatic N) is 3. The summed E-state index contributed by atoms with van der Waals surface area (Å²) in [7, 11) is 1.62. The van der Waals surface area contributed by atoms with Gasteiger partial charge in [0.25, 0.3) is 0 Å². The van der Waals surface area contributed by atoms with Crippen LogP contribution in [-0.2, 0) is 16.1 Å². The highest BCUT2D eigenvalue weighted by molar-refractivity contribution is 6.04. The molecule has 0 saturated heterocycles. The Morgan fingerprint density at radius 3 is 2.29 bits per heavy atom. The summed E-state index contributed by atoms with van der Waals surface area (Å²) in [6.07, 6.45) is 1.41. The number of hydrazone groups is 1. The second-order valence-corrected chi connectivity index (χ2v) is 10.5. The Bertz CT molecular complexity index is 1120. The summed E-state index contributed by atoms with van der Waals surface area (Å²) in [6.45, 7) is 13.6. The van der Waals surface area contributed by atoms with E-state index >= 15 is 0 Å². The molecule has 38 heavy (non-hydrogen) atoms. The number of hydrogen-bond acceptors (Lipinski definition) is 6. The van der Waals surface area contributed by atoms with Gasteiger partial charge in [0.2, 0.25) is 11.8 Å². The molecule has 0 bridgehead atoms. The first-order valence-corrected chi connectivity index (χ1v) is 13.4. The standard InChI is InChI=1S/C30H42N4O4/c1-20(2)33(21(3)4)17-16-29(35)31-25-11-8-23(9-12-25)19-34-30(36)15-13-26(32-34)24-10-14-27(37-7)28(18-24)38-22(5)6/h8-12,14,18,20-22H,13,15-17,19H2,1-7H3,(H,31,35). The number of rotatable bonds is 12. The topological polar surface area (TPSA) is 83.5 Å². The van der Waals surface area contributed by atoms with Crippen LogP contribution in [0, 0.1) is 0 Å². The van der Waals surface area contributed by atoms with Gasteiger partial charge in [-0.2, -0.15) is 5.10 Å². The second kappa shape index (κ2) is 13.4. The lowest BCUT2D eigenvalue weighted by atomic mass is 10.0. The molecule has 3 rings (SSSR count). The van der Waals surface area contributed by atoms with Crippen molar-refractivity contribution in [2.75, 3.05) is 19.0 Å². The van der Waals surface area contributed by atoms with Crippen LogP contribution >= 0.6 is 0 Å². The Balaban J connectivity index is 1.65. The highest BCUT2D eigenvalue weighted by Gasteiger charge is 2.23. The summed E-state index contributed by atoms with van der Waals surface area (Å²) in [4.78, 5) is 27.4. The summed E-state index contributed by atoms with van der Waals surface area (Å²) in [5.41, 5.74) is 3.42. The van der Waals surface area contributed by atoms with Crippen LogP contribution in [0.1, 0.15) is 71.9 Å². The molecule has 206 valence electrons. The third-order valence-electron chi connectivity index (χ3n) is 6.46. The summed E-state index contributed by atoms with van der Waals surface area (Å²) >= 11 is 0. The largest absolute Gasteiger partial charge is 0.493 e. The highest BCUT2D eigenvalue weighted by atomic mass is 16.5. The predicted octanol–water partition coefficient (Wildman–Crippen LogP) is 5.46. The average molecular weight is 523 g/mol. The Kier molecular flexibility index (Phi) is 10.3. The number of ether oxygens (including phenoxy) is 2. The molecule has 8 nitrogen and oxygen atoms in total. The van der Waals surface area contributed by atoms with E-state index in [1.54, 1.807) is 7.11 Å². The van der Waals surface area contributed by atoms with Crippen molar-refractivity contribution in [1.29, 1.82) is 0 Å². The van der Waals surface area contributed by atoms with Gasteiger partial charge in [-0.25, -0.2) is 5.01 Å². The van der Waals surface area contributed by atoms with E-state index in [1.807, 2.05) is 56.3 Å². The third kappa shape index (κ3) is 8.05. The monoisotopic (exact) mass is 522 g/mol. The predicted molar refractivity (Wildman–Crippen MR) is 152 cm³/mol. The zero-order chi connectivity index (χ0) is 27.8. The van der Waals surface area contributed by atoms with E-state index in [9.17, 15) is 9.59 Å². The number of carbonyl (C=O) groups excluding carboxylic acids is 2. The first kappa shape index (κ1) is 29.2. The lowest BCUT2D eigenvalue weighted by Gasteiger charge is -2.30. The molecule has 2 amide bonds. The Labute approximate surface area is 227 Å². The molecule has 0 spiro atoms. The van der Waals surface area contributed by atoms with Crippen molar-refractivity contribution in [3.63, 3.8) is 0 Å². The maximum Gasteiger partial charge on any atom is 0.243 e. The summed E-state index contributed by atoms with van der Waals surface area (Å²) in [5.74, 6) is 1.30. The van der Waals surface area contributed by atoms with E-state index in [1.165, 1.54) is 5.01 Å². The fourth-order valence-corrected chi connectivity index (χ4v) is 4.57. The lowest BCUT2D eigenvalue weighted by molar-refractivity contribution is -0.132. The SMILES string of the molecule is COc1ccc(C2=NN(Cc3ccc(NC(=O)CCN(C(C)C)C(C)C)cc3)C(=O)CC2)cc1OC(C)C. The van der Waals surface area contributed by atoms with Gasteiger partial charge in [-0.15, -0.1) is 0 Å². The Hall–Kier alpha value is -3.39. The number of anilines is 1. The van der Waals surface area contributed by atoms with Crippen LogP contribution in [0.15, 0.2) is 47.6 Å². The summed E-state index contributed by atoms with van der Waals surface area (Å²) in [5, 5.41) is 9.17. The summed E-state index contributed by atoms with van der Waals surface area (Å²) in [6, 6.07) is 14.1. The molecule has 1 aliphatic rings. The van der Waals surface area contributed by atoms with Crippen LogP contribution in [0.2, 0.25) is 0 Å². The normalized spacial score (nSPS) is 13.9. The second-order valence-electron chi connectivity index (χ2n) is 10.5. The molecule has 2 aromatic carbocycles. The van der Waals surface area contributed by atoms with Crippen LogP contribution in [0.25, 0.3) is 0 Å². The minimum atomic E-state index is -0.0156. The van der Waals surface area contributed by atoms with E-state index in [-0.39, 0.29) is 17.9 Å².